The van der Waals surface area contributed by atoms with Crippen LogP contribution in [-0.2, 0) is 74.7 Å². The van der Waals surface area contributed by atoms with Crippen LogP contribution in [0.2, 0.25) is 0 Å². The third-order valence-electron chi connectivity index (χ3n) is 9.13. The van der Waals surface area contributed by atoms with Gasteiger partial charge < -0.3 is 55.2 Å². The van der Waals surface area contributed by atoms with Gasteiger partial charge in [-0.05, 0) is 45.2 Å². The van der Waals surface area contributed by atoms with Gasteiger partial charge >= 0.3 is 0 Å². The summed E-state index contributed by atoms with van der Waals surface area (Å²) in [5.41, 5.74) is 2.44. The Morgan fingerprint density at radius 1 is 0.842 bits per heavy atom. The number of amides is 5. The maximum absolute atomic E-state index is 13.0. The van der Waals surface area contributed by atoms with Gasteiger partial charge in [0.15, 0.2) is 0 Å². The molecule has 324 valence electrons. The summed E-state index contributed by atoms with van der Waals surface area (Å²) in [4.78, 5) is 76.9. The first kappa shape index (κ1) is 53.2. The molecule has 2 aromatic rings. The Morgan fingerprint density at radius 3 is 1.88 bits per heavy atom. The van der Waals surface area contributed by atoms with Crippen molar-refractivity contribution in [2.24, 2.45) is 5.92 Å². The normalized spacial score (nSPS) is 15.3. The summed E-state index contributed by atoms with van der Waals surface area (Å²) in [7, 11) is 1.75. The van der Waals surface area contributed by atoms with Crippen LogP contribution in [0.5, 0.6) is 0 Å². The van der Waals surface area contributed by atoms with Gasteiger partial charge in [-0.2, -0.15) is 0 Å². The van der Waals surface area contributed by atoms with Gasteiger partial charge in [0.1, 0.15) is 24.7 Å². The van der Waals surface area contributed by atoms with Crippen molar-refractivity contribution in [2.45, 2.75) is 143 Å². The third-order valence-corrected chi connectivity index (χ3v) is 9.47. The Morgan fingerprint density at radius 2 is 1.39 bits per heavy atom. The van der Waals surface area contributed by atoms with Gasteiger partial charge in [-0.15, -0.1) is 5.75 Å². The van der Waals surface area contributed by atoms with Gasteiger partial charge in [-0.1, -0.05) is 89.6 Å². The molecule has 8 N–H and O–H groups in total. The second-order valence-electron chi connectivity index (χ2n) is 14.2. The van der Waals surface area contributed by atoms with Crippen LogP contribution in [0.4, 0.5) is 0 Å². The van der Waals surface area contributed by atoms with Crippen molar-refractivity contribution in [3.05, 3.63) is 53.6 Å². The van der Waals surface area contributed by atoms with Gasteiger partial charge in [0, 0.05) is 46.2 Å². The molecule has 5 atom stereocenters. The first-order valence-electron chi connectivity index (χ1n) is 19.7. The summed E-state index contributed by atoms with van der Waals surface area (Å²) >= 11 is 5.08. The fourth-order valence-corrected chi connectivity index (χ4v) is 6.30. The topological polar surface area (TPSA) is 218 Å². The number of hydrogen-bond acceptors (Lipinski definition) is 10. The van der Waals surface area contributed by atoms with Crippen molar-refractivity contribution in [1.82, 2.24) is 41.6 Å². The summed E-state index contributed by atoms with van der Waals surface area (Å²) < 4.78 is 1.24. The van der Waals surface area contributed by atoms with Crippen molar-refractivity contribution < 1.29 is 49.2 Å². The molecule has 2 unspecified atom stereocenters. The van der Waals surface area contributed by atoms with E-state index in [4.69, 9.17) is 18.5 Å². The van der Waals surface area contributed by atoms with E-state index in [0.29, 0.717) is 12.0 Å². The molecule has 1 aliphatic rings. The van der Waals surface area contributed by atoms with Crippen LogP contribution in [0.15, 0.2) is 36.8 Å². The second kappa shape index (κ2) is 29.4. The number of carbonyl (C=O) groups excluding carboxylic acids is 6. The van der Waals surface area contributed by atoms with Crippen molar-refractivity contribution in [3.63, 3.8) is 0 Å². The van der Waals surface area contributed by atoms with E-state index in [-0.39, 0.29) is 74.7 Å². The molecule has 57 heavy (non-hydrogen) atoms. The molecule has 1 saturated carbocycles. The van der Waals surface area contributed by atoms with E-state index < -0.39 is 36.0 Å². The average Bonchev–Trinajstić information content (AvgIpc) is 3.56. The molecule has 1 heterocycles. The number of imidazole rings is 1. The largest absolute Gasteiger partial charge is 0.790 e. The predicted octanol–water partition coefficient (Wildman–Crippen LogP) is 1.90. The minimum absolute atomic E-state index is 0. The summed E-state index contributed by atoms with van der Waals surface area (Å²) in [6.07, 6.45) is 11.9. The molecule has 0 spiro atoms. The zero-order valence-electron chi connectivity index (χ0n) is 34.8. The summed E-state index contributed by atoms with van der Waals surface area (Å²) in [5, 5.41) is 16.7. The Balaban J connectivity index is 0.00000108. The van der Waals surface area contributed by atoms with Crippen LogP contribution in [0.3, 0.4) is 0 Å². The Bertz CT molecular complexity index is 1500. The second-order valence-corrected chi connectivity index (χ2v) is 14.6. The van der Waals surface area contributed by atoms with Crippen LogP contribution in [0.25, 0.3) is 0 Å². The summed E-state index contributed by atoms with van der Waals surface area (Å²) in [6, 6.07) is 4.22. The number of nitrogens with zero attached hydrogens (tertiary/aromatic N) is 2. The van der Waals surface area contributed by atoms with Crippen molar-refractivity contribution in [2.75, 3.05) is 18.6 Å². The molecular weight excluding hydrogens is 841 g/mol. The minimum atomic E-state index is -1.02. The Labute approximate surface area is 358 Å². The average molecular weight is 908 g/mol. The van der Waals surface area contributed by atoms with Gasteiger partial charge in [-0.25, -0.2) is 4.98 Å². The number of aldehydes is 1. The van der Waals surface area contributed by atoms with E-state index in [2.05, 4.69) is 36.9 Å². The van der Waals surface area contributed by atoms with Crippen molar-refractivity contribution >= 4 is 48.5 Å². The first-order chi connectivity index (χ1) is 26.7. The van der Waals surface area contributed by atoms with Gasteiger partial charge in [-0.3, -0.25) is 28.6 Å². The van der Waals surface area contributed by atoms with E-state index in [1.165, 1.54) is 50.3 Å². The molecular formula is C40H66N9O6PdS-. The van der Waals surface area contributed by atoms with E-state index >= 15 is 0 Å². The summed E-state index contributed by atoms with van der Waals surface area (Å²) in [5.74, 6) is 4.37. The number of benzene rings is 1. The molecule has 15 nitrogen and oxygen atoms in total. The summed E-state index contributed by atoms with van der Waals surface area (Å²) in [6.45, 7) is 12.7. The smallest absolute Gasteiger partial charge is 0.243 e. The molecule has 1 fully saturated rings. The number of aromatic nitrogens is 2. The van der Waals surface area contributed by atoms with Crippen LogP contribution in [0, 0.1) is 12.8 Å². The van der Waals surface area contributed by atoms with Crippen LogP contribution in [0.1, 0.15) is 103 Å². The van der Waals surface area contributed by atoms with Crippen LogP contribution in [-0.4, -0.2) is 94.5 Å². The SMILES string of the molecule is CC.CC(=O)N[C@@H](Cc1ccc(C)cc1)C(=O)NC(Cc1cncn1N)C(=O)N[C@@H](C)C=O.CNC(C(=O)N[C@@H](C[S-])C(=O)NC1CCCCCCC1)C(C)C.[Pd]. The molecule has 1 aromatic heterocycles. The predicted molar refractivity (Wildman–Crippen MR) is 222 cm³/mol. The van der Waals surface area contributed by atoms with Crippen LogP contribution >= 0.6 is 0 Å². The fourth-order valence-electron chi connectivity index (χ4n) is 6.07. The van der Waals surface area contributed by atoms with E-state index in [9.17, 15) is 28.8 Å². The third kappa shape index (κ3) is 20.5. The molecule has 5 amide bonds. The minimum Gasteiger partial charge on any atom is -0.790 e. The van der Waals surface area contributed by atoms with E-state index in [0.717, 1.165) is 36.8 Å². The molecule has 3 rings (SSSR count). The molecule has 0 radical (unpaired) electrons. The number of aryl methyl sites for hydroxylation is 1. The standard InChI is InChI=1S/C21H28N6O4.C17H33N3O2S.C2H6.Pd/c1-13-4-6-16(7-5-13)8-18(25-15(3)29)21(31)26-19(20(30)24-14(2)11-28)9-17-10-23-12-27(17)22;1-12(2)15(18-3)17(22)20-14(11-23)16(21)19-13-9-7-5-4-6-8-10-13;1-2;/h4-7,10-12,14,18-19H,8-9,22H2,1-3H3,(H,24,30)(H,25,29)(H,26,31);12-15,18,23H,4-11H2,1-3H3,(H,19,21)(H,20,22);1-2H3;/p-1/t14-,18-,19?;14-,15?;;/m00../s1. The molecule has 0 bridgehead atoms. The molecule has 0 saturated heterocycles. The zero-order chi connectivity index (χ0) is 42.2. The number of likely N-dealkylation sites (N-methyl/N-ethyl adjacent to an activating group) is 1. The fraction of sp³-hybridized carbons (Fsp3) is 0.625. The van der Waals surface area contributed by atoms with Gasteiger partial charge in [0.05, 0.1) is 30.0 Å². The number of nitrogens with two attached hydrogens (primary N) is 1. The molecule has 1 aliphatic carbocycles. The van der Waals surface area contributed by atoms with Gasteiger partial charge in [0.2, 0.25) is 29.5 Å². The number of rotatable bonds is 17. The number of carbonyl (C=O) groups is 6. The Kier molecular flexibility index (Phi) is 27.5. The van der Waals surface area contributed by atoms with E-state index in [1.807, 2.05) is 58.9 Å². The first-order valence-corrected chi connectivity index (χ1v) is 20.3. The zero-order valence-corrected chi connectivity index (χ0v) is 37.2. The number of nitrogens with one attached hydrogen (secondary N) is 6. The quantitative estimate of drug-likeness (QED) is 0.0530. The maximum Gasteiger partial charge on any atom is 0.243 e. The van der Waals surface area contributed by atoms with Crippen molar-refractivity contribution in [1.29, 1.82) is 0 Å². The molecule has 0 aliphatic heterocycles. The number of hydrogen-bond donors (Lipinski definition) is 7. The van der Waals surface area contributed by atoms with Crippen molar-refractivity contribution in [3.8, 4) is 0 Å². The van der Waals surface area contributed by atoms with Gasteiger partial charge in [0.25, 0.3) is 0 Å². The van der Waals surface area contributed by atoms with Crippen LogP contribution < -0.4 is 37.7 Å². The maximum atomic E-state index is 13.0. The molecule has 1 aromatic carbocycles. The number of nitrogen functional groups attached to an aromatic ring is 1. The monoisotopic (exact) mass is 906 g/mol. The Hall–Kier alpha value is -3.78. The molecule has 17 heteroatoms. The van der Waals surface area contributed by atoms with E-state index in [1.54, 1.807) is 7.05 Å².